The Morgan fingerprint density at radius 2 is 2.18 bits per heavy atom. The summed E-state index contributed by atoms with van der Waals surface area (Å²) < 4.78 is 0.545. The summed E-state index contributed by atoms with van der Waals surface area (Å²) in [5.74, 6) is 1.62. The molecule has 1 aliphatic heterocycles. The Labute approximate surface area is 83.5 Å². The lowest BCUT2D eigenvalue weighted by molar-refractivity contribution is 0.266. The van der Waals surface area contributed by atoms with Crippen LogP contribution in [0.3, 0.4) is 0 Å². The largest absolute Gasteiger partial charge is 0.316 e. The van der Waals surface area contributed by atoms with Gasteiger partial charge >= 0.3 is 0 Å². The number of rotatable bonds is 1. The van der Waals surface area contributed by atoms with E-state index in [-0.39, 0.29) is 0 Å². The van der Waals surface area contributed by atoms with E-state index in [1.807, 2.05) is 0 Å². The van der Waals surface area contributed by atoms with Crippen molar-refractivity contribution in [2.24, 2.45) is 11.8 Å². The smallest absolute Gasteiger partial charge is 0.0294 e. The van der Waals surface area contributed by atoms with Crippen molar-refractivity contribution in [1.29, 1.82) is 0 Å². The zero-order chi connectivity index (χ0) is 8.48. The minimum atomic E-state index is 0.545. The van der Waals surface area contributed by atoms with Gasteiger partial charge in [0.05, 0.1) is 0 Å². The Balaban J connectivity index is 2.64. The lowest BCUT2D eigenvalue weighted by Crippen LogP contribution is -2.47. The van der Waals surface area contributed by atoms with Gasteiger partial charge in [-0.15, -0.1) is 0 Å². The van der Waals surface area contributed by atoms with Gasteiger partial charge in [-0.3, -0.25) is 0 Å². The van der Waals surface area contributed by atoms with Crippen molar-refractivity contribution in [3.63, 3.8) is 0 Å². The minimum Gasteiger partial charge on any atom is -0.316 e. The van der Waals surface area contributed by atoms with Crippen molar-refractivity contribution in [2.75, 3.05) is 13.1 Å². The maximum Gasteiger partial charge on any atom is 0.0294 e. The molecule has 1 rings (SSSR count). The zero-order valence-corrected chi connectivity index (χ0v) is 9.81. The maximum atomic E-state index is 3.44. The van der Waals surface area contributed by atoms with Crippen molar-refractivity contribution in [3.05, 3.63) is 0 Å². The third-order valence-electron chi connectivity index (χ3n) is 2.91. The van der Waals surface area contributed by atoms with Gasteiger partial charge in [-0.25, -0.2) is 0 Å². The van der Waals surface area contributed by atoms with E-state index < -0.39 is 0 Å². The normalized spacial score (nSPS) is 39.5. The van der Waals surface area contributed by atoms with Gasteiger partial charge in [0, 0.05) is 3.42 Å². The highest BCUT2D eigenvalue weighted by atomic mass is 127. The van der Waals surface area contributed by atoms with E-state index in [1.54, 1.807) is 0 Å². The molecule has 2 atom stereocenters. The fraction of sp³-hybridized carbons (Fsp3) is 1.00. The number of hydrogen-bond acceptors (Lipinski definition) is 1. The molecule has 0 bridgehead atoms. The zero-order valence-electron chi connectivity index (χ0n) is 7.65. The molecule has 1 saturated heterocycles. The predicted molar refractivity (Wildman–Crippen MR) is 58.2 cm³/mol. The molecule has 0 amide bonds. The van der Waals surface area contributed by atoms with Gasteiger partial charge in [0.2, 0.25) is 0 Å². The number of alkyl halides is 1. The topological polar surface area (TPSA) is 12.0 Å². The molecule has 1 nitrogen and oxygen atoms in total. The van der Waals surface area contributed by atoms with E-state index in [9.17, 15) is 0 Å². The van der Waals surface area contributed by atoms with E-state index in [1.165, 1.54) is 19.5 Å². The molecule has 0 aliphatic carbocycles. The minimum absolute atomic E-state index is 0.545. The van der Waals surface area contributed by atoms with Gasteiger partial charge in [-0.1, -0.05) is 43.4 Å². The first-order valence-corrected chi connectivity index (χ1v) is 5.55. The van der Waals surface area contributed by atoms with Crippen LogP contribution in [0.1, 0.15) is 27.2 Å². The molecule has 0 radical (unpaired) electrons. The molecule has 0 aromatic carbocycles. The summed E-state index contributed by atoms with van der Waals surface area (Å²) in [6.45, 7) is 9.44. The van der Waals surface area contributed by atoms with Crippen molar-refractivity contribution >= 4 is 22.6 Å². The standard InChI is InChI=1S/C9H18IN/c1-7(2)9(10)4-5-11-6-8(9)3/h7-8,11H,4-6H2,1-3H3/t8-,9?/m1/s1. The van der Waals surface area contributed by atoms with E-state index in [0.717, 1.165) is 11.8 Å². The first-order chi connectivity index (χ1) is 5.07. The Morgan fingerprint density at radius 3 is 2.55 bits per heavy atom. The second-order valence-electron chi connectivity index (χ2n) is 3.94. The second kappa shape index (κ2) is 3.60. The molecular weight excluding hydrogens is 249 g/mol. The first kappa shape index (κ1) is 9.78. The van der Waals surface area contributed by atoms with Crippen molar-refractivity contribution in [1.82, 2.24) is 5.32 Å². The Kier molecular flexibility index (Phi) is 3.20. The maximum absolute atomic E-state index is 3.44. The summed E-state index contributed by atoms with van der Waals surface area (Å²) in [6.07, 6.45) is 1.33. The van der Waals surface area contributed by atoms with Crippen LogP contribution in [-0.2, 0) is 0 Å². The van der Waals surface area contributed by atoms with Gasteiger partial charge < -0.3 is 5.32 Å². The van der Waals surface area contributed by atoms with E-state index in [2.05, 4.69) is 48.7 Å². The molecule has 1 fully saturated rings. The molecular formula is C9H18IN. The summed E-state index contributed by atoms with van der Waals surface area (Å²) in [6, 6.07) is 0. The van der Waals surface area contributed by atoms with Crippen molar-refractivity contribution in [2.45, 2.75) is 30.6 Å². The highest BCUT2D eigenvalue weighted by Crippen LogP contribution is 2.40. The van der Waals surface area contributed by atoms with Crippen molar-refractivity contribution in [3.8, 4) is 0 Å². The number of hydrogen-bond donors (Lipinski definition) is 1. The molecule has 0 aromatic heterocycles. The third kappa shape index (κ3) is 1.89. The molecule has 0 aromatic rings. The summed E-state index contributed by atoms with van der Waals surface area (Å²) in [7, 11) is 0. The van der Waals surface area contributed by atoms with Crippen LogP contribution in [0, 0.1) is 11.8 Å². The predicted octanol–water partition coefficient (Wildman–Crippen LogP) is 2.45. The van der Waals surface area contributed by atoms with Crippen LogP contribution in [0.25, 0.3) is 0 Å². The highest BCUT2D eigenvalue weighted by molar-refractivity contribution is 14.1. The fourth-order valence-electron chi connectivity index (χ4n) is 1.87. The number of nitrogens with one attached hydrogen (secondary N) is 1. The molecule has 1 N–H and O–H groups in total. The van der Waals surface area contributed by atoms with Gasteiger partial charge in [0.1, 0.15) is 0 Å². The molecule has 11 heavy (non-hydrogen) atoms. The van der Waals surface area contributed by atoms with Crippen molar-refractivity contribution < 1.29 is 0 Å². The molecule has 1 unspecified atom stereocenters. The van der Waals surface area contributed by atoms with Gasteiger partial charge in [0.15, 0.2) is 0 Å². The SMILES string of the molecule is CC(C)C1(I)CCNC[C@H]1C. The molecule has 66 valence electrons. The second-order valence-corrected chi connectivity index (χ2v) is 5.95. The van der Waals surface area contributed by atoms with Crippen LogP contribution >= 0.6 is 22.6 Å². The highest BCUT2D eigenvalue weighted by Gasteiger charge is 2.37. The van der Waals surface area contributed by atoms with Crippen LogP contribution in [0.4, 0.5) is 0 Å². The summed E-state index contributed by atoms with van der Waals surface area (Å²) in [4.78, 5) is 0. The molecule has 0 saturated carbocycles. The van der Waals surface area contributed by atoms with Crippen LogP contribution in [0.15, 0.2) is 0 Å². The Bertz CT molecular complexity index is 136. The molecule has 2 heteroatoms. The fourth-order valence-corrected chi connectivity index (χ4v) is 2.36. The van der Waals surface area contributed by atoms with Crippen LogP contribution in [0.5, 0.6) is 0 Å². The van der Waals surface area contributed by atoms with Crippen LogP contribution in [0.2, 0.25) is 0 Å². The third-order valence-corrected chi connectivity index (χ3v) is 5.76. The monoisotopic (exact) mass is 267 g/mol. The number of halogens is 1. The van der Waals surface area contributed by atoms with Gasteiger partial charge in [-0.05, 0) is 31.3 Å². The molecule has 1 aliphatic rings. The van der Waals surface area contributed by atoms with E-state index >= 15 is 0 Å². The summed E-state index contributed by atoms with van der Waals surface area (Å²) >= 11 is 2.67. The lowest BCUT2D eigenvalue weighted by atomic mass is 9.80. The van der Waals surface area contributed by atoms with Gasteiger partial charge in [-0.2, -0.15) is 0 Å². The summed E-state index contributed by atoms with van der Waals surface area (Å²) in [5, 5.41) is 3.44. The molecule has 1 heterocycles. The molecule has 0 spiro atoms. The Hall–Kier alpha value is 0.690. The lowest BCUT2D eigenvalue weighted by Gasteiger charge is -2.41. The quantitative estimate of drug-likeness (QED) is 0.568. The first-order valence-electron chi connectivity index (χ1n) is 4.47. The van der Waals surface area contributed by atoms with E-state index in [4.69, 9.17) is 0 Å². The average Bonchev–Trinajstić information content (AvgIpc) is 1.95. The average molecular weight is 267 g/mol. The van der Waals surface area contributed by atoms with Crippen LogP contribution < -0.4 is 5.32 Å². The van der Waals surface area contributed by atoms with Crippen LogP contribution in [-0.4, -0.2) is 16.5 Å². The van der Waals surface area contributed by atoms with Gasteiger partial charge in [0.25, 0.3) is 0 Å². The number of piperidine rings is 1. The summed E-state index contributed by atoms with van der Waals surface area (Å²) in [5.41, 5.74) is 0. The van der Waals surface area contributed by atoms with E-state index in [0.29, 0.717) is 3.42 Å². The Morgan fingerprint density at radius 1 is 1.55 bits per heavy atom.